The Labute approximate surface area is 122 Å². The molecule has 5 heteroatoms. The quantitative estimate of drug-likeness (QED) is 0.904. The smallest absolute Gasteiger partial charge is 0.335 e. The summed E-state index contributed by atoms with van der Waals surface area (Å²) in [4.78, 5) is 22.9. The molecule has 2 N–H and O–H groups in total. The third-order valence-corrected chi connectivity index (χ3v) is 3.14. The largest absolute Gasteiger partial charge is 0.497 e. The van der Waals surface area contributed by atoms with Gasteiger partial charge in [-0.1, -0.05) is 12.1 Å². The van der Waals surface area contributed by atoms with Crippen LogP contribution >= 0.6 is 0 Å². The van der Waals surface area contributed by atoms with Crippen molar-refractivity contribution in [2.75, 3.05) is 14.2 Å². The number of carbonyl (C=O) groups is 2. The molecular weight excluding hydrogens is 270 g/mol. The normalized spacial score (nSPS) is 10.0. The fraction of sp³-hybridized carbons (Fsp3) is 0.125. The van der Waals surface area contributed by atoms with Gasteiger partial charge in [0.05, 0.1) is 18.2 Å². The number of carbonyl (C=O) groups excluding carboxylic acids is 1. The number of carboxylic acids is 1. The van der Waals surface area contributed by atoms with Crippen molar-refractivity contribution in [3.05, 3.63) is 53.6 Å². The third-order valence-electron chi connectivity index (χ3n) is 3.14. The predicted molar refractivity (Wildman–Crippen MR) is 78.8 cm³/mol. The summed E-state index contributed by atoms with van der Waals surface area (Å²) < 4.78 is 5.13. The lowest BCUT2D eigenvalue weighted by Crippen LogP contribution is -2.18. The van der Waals surface area contributed by atoms with E-state index in [0.29, 0.717) is 16.9 Å². The average Bonchev–Trinajstić information content (AvgIpc) is 2.53. The second-order valence-corrected chi connectivity index (χ2v) is 4.37. The van der Waals surface area contributed by atoms with Gasteiger partial charge < -0.3 is 15.2 Å². The number of rotatable bonds is 4. The Kier molecular flexibility index (Phi) is 4.23. The molecule has 2 aromatic carbocycles. The van der Waals surface area contributed by atoms with Crippen LogP contribution in [0.4, 0.5) is 0 Å². The molecule has 0 aliphatic carbocycles. The van der Waals surface area contributed by atoms with E-state index in [0.717, 1.165) is 5.56 Å². The van der Waals surface area contributed by atoms with E-state index in [9.17, 15) is 9.59 Å². The van der Waals surface area contributed by atoms with Gasteiger partial charge >= 0.3 is 5.97 Å². The van der Waals surface area contributed by atoms with Crippen LogP contribution in [0.15, 0.2) is 42.5 Å². The molecule has 2 rings (SSSR count). The number of hydrogen-bond donors (Lipinski definition) is 2. The van der Waals surface area contributed by atoms with Crippen LogP contribution in [0.2, 0.25) is 0 Å². The second kappa shape index (κ2) is 6.09. The van der Waals surface area contributed by atoms with Crippen LogP contribution in [0.25, 0.3) is 11.1 Å². The Morgan fingerprint density at radius 3 is 2.29 bits per heavy atom. The highest BCUT2D eigenvalue weighted by Gasteiger charge is 2.13. The summed E-state index contributed by atoms with van der Waals surface area (Å²) in [5, 5.41) is 11.5. The highest BCUT2D eigenvalue weighted by molar-refractivity contribution is 6.01. The number of hydrogen-bond acceptors (Lipinski definition) is 3. The Morgan fingerprint density at radius 1 is 1.10 bits per heavy atom. The first kappa shape index (κ1) is 14.6. The molecule has 0 spiro atoms. The molecular formula is C16H15NO4. The van der Waals surface area contributed by atoms with Gasteiger partial charge in [0.25, 0.3) is 5.91 Å². The minimum Gasteiger partial charge on any atom is -0.497 e. The minimum absolute atomic E-state index is 0.203. The molecule has 0 aromatic heterocycles. The standard InChI is InChI=1S/C16H15NO4/c1-17-15(18)14-9-12(21-2)7-8-13(14)10-3-5-11(6-4-10)16(19)20/h3-9H,1-2H3,(H,17,18)(H,19,20). The third kappa shape index (κ3) is 3.02. The van der Waals surface area contributed by atoms with Gasteiger partial charge in [-0.2, -0.15) is 0 Å². The van der Waals surface area contributed by atoms with E-state index in [1.54, 1.807) is 37.4 Å². The summed E-state index contributed by atoms with van der Waals surface area (Å²) in [6.07, 6.45) is 0. The molecule has 1 amide bonds. The maximum Gasteiger partial charge on any atom is 0.335 e. The lowest BCUT2D eigenvalue weighted by atomic mass is 9.98. The van der Waals surface area contributed by atoms with Gasteiger partial charge in [-0.15, -0.1) is 0 Å². The van der Waals surface area contributed by atoms with Crippen LogP contribution in [-0.4, -0.2) is 31.1 Å². The van der Waals surface area contributed by atoms with E-state index in [1.807, 2.05) is 0 Å². The van der Waals surface area contributed by atoms with Gasteiger partial charge in [0.15, 0.2) is 0 Å². The Balaban J connectivity index is 2.51. The van der Waals surface area contributed by atoms with Gasteiger partial charge in [0.2, 0.25) is 0 Å². The fourth-order valence-electron chi connectivity index (χ4n) is 2.02. The van der Waals surface area contributed by atoms with Gasteiger partial charge in [-0.3, -0.25) is 4.79 Å². The van der Waals surface area contributed by atoms with Crippen molar-refractivity contribution in [3.63, 3.8) is 0 Å². The van der Waals surface area contributed by atoms with Crippen LogP contribution in [0.3, 0.4) is 0 Å². The SMILES string of the molecule is CNC(=O)c1cc(OC)ccc1-c1ccc(C(=O)O)cc1. The first-order chi connectivity index (χ1) is 10.1. The zero-order chi connectivity index (χ0) is 15.4. The number of methoxy groups -OCH3 is 1. The summed E-state index contributed by atoms with van der Waals surface area (Å²) >= 11 is 0. The molecule has 0 saturated carbocycles. The van der Waals surface area contributed by atoms with Crippen molar-refractivity contribution in [2.24, 2.45) is 0 Å². The number of ether oxygens (including phenoxy) is 1. The topological polar surface area (TPSA) is 75.6 Å². The van der Waals surface area contributed by atoms with Crippen LogP contribution in [0.1, 0.15) is 20.7 Å². The van der Waals surface area contributed by atoms with E-state index in [-0.39, 0.29) is 11.5 Å². The molecule has 2 aromatic rings. The molecule has 0 heterocycles. The first-order valence-electron chi connectivity index (χ1n) is 6.30. The Morgan fingerprint density at radius 2 is 1.76 bits per heavy atom. The maximum atomic E-state index is 12.0. The number of benzene rings is 2. The molecule has 108 valence electrons. The van der Waals surface area contributed by atoms with Crippen molar-refractivity contribution in [2.45, 2.75) is 0 Å². The zero-order valence-electron chi connectivity index (χ0n) is 11.7. The van der Waals surface area contributed by atoms with Crippen LogP contribution < -0.4 is 10.1 Å². The zero-order valence-corrected chi connectivity index (χ0v) is 11.7. The molecule has 0 aliphatic rings. The highest BCUT2D eigenvalue weighted by atomic mass is 16.5. The van der Waals surface area contributed by atoms with Crippen molar-refractivity contribution in [1.82, 2.24) is 5.32 Å². The van der Waals surface area contributed by atoms with Gasteiger partial charge in [0, 0.05) is 7.05 Å². The first-order valence-corrected chi connectivity index (χ1v) is 6.30. The molecule has 5 nitrogen and oxygen atoms in total. The van der Waals surface area contributed by atoms with Crippen molar-refractivity contribution in [3.8, 4) is 16.9 Å². The summed E-state index contributed by atoms with van der Waals surface area (Å²) in [5.41, 5.74) is 2.15. The summed E-state index contributed by atoms with van der Waals surface area (Å²) in [7, 11) is 3.09. The van der Waals surface area contributed by atoms with Crippen molar-refractivity contribution >= 4 is 11.9 Å². The molecule has 0 atom stereocenters. The summed E-state index contributed by atoms with van der Waals surface area (Å²) in [6, 6.07) is 11.6. The summed E-state index contributed by atoms with van der Waals surface area (Å²) in [5.74, 6) is -0.631. The number of aromatic carboxylic acids is 1. The van der Waals surface area contributed by atoms with E-state index in [4.69, 9.17) is 9.84 Å². The second-order valence-electron chi connectivity index (χ2n) is 4.37. The number of nitrogens with one attached hydrogen (secondary N) is 1. The van der Waals surface area contributed by atoms with E-state index >= 15 is 0 Å². The van der Waals surface area contributed by atoms with Crippen LogP contribution in [0.5, 0.6) is 5.75 Å². The van der Waals surface area contributed by atoms with Crippen molar-refractivity contribution < 1.29 is 19.4 Å². The molecule has 0 saturated heterocycles. The number of carboxylic acid groups (broad SMARTS) is 1. The van der Waals surface area contributed by atoms with Crippen LogP contribution in [0, 0.1) is 0 Å². The van der Waals surface area contributed by atoms with E-state index < -0.39 is 5.97 Å². The number of amides is 1. The van der Waals surface area contributed by atoms with Crippen LogP contribution in [-0.2, 0) is 0 Å². The lowest BCUT2D eigenvalue weighted by molar-refractivity contribution is 0.0696. The van der Waals surface area contributed by atoms with Gasteiger partial charge in [-0.25, -0.2) is 4.79 Å². The van der Waals surface area contributed by atoms with Gasteiger partial charge in [0.1, 0.15) is 5.75 Å². The predicted octanol–water partition coefficient (Wildman–Crippen LogP) is 2.42. The highest BCUT2D eigenvalue weighted by Crippen LogP contribution is 2.27. The Bertz CT molecular complexity index is 677. The lowest BCUT2D eigenvalue weighted by Gasteiger charge is -2.11. The monoisotopic (exact) mass is 285 g/mol. The fourth-order valence-corrected chi connectivity index (χ4v) is 2.02. The molecule has 0 fully saturated rings. The molecule has 0 aliphatic heterocycles. The Hall–Kier alpha value is -2.82. The van der Waals surface area contributed by atoms with Gasteiger partial charge in [-0.05, 0) is 41.5 Å². The molecule has 21 heavy (non-hydrogen) atoms. The summed E-state index contributed by atoms with van der Waals surface area (Å²) in [6.45, 7) is 0. The molecule has 0 bridgehead atoms. The average molecular weight is 285 g/mol. The molecule has 0 unspecified atom stereocenters. The van der Waals surface area contributed by atoms with E-state index in [2.05, 4.69) is 5.32 Å². The minimum atomic E-state index is -0.984. The molecule has 0 radical (unpaired) electrons. The maximum absolute atomic E-state index is 12.0. The van der Waals surface area contributed by atoms with Crippen molar-refractivity contribution in [1.29, 1.82) is 0 Å². The van der Waals surface area contributed by atoms with E-state index in [1.165, 1.54) is 19.2 Å².